The van der Waals surface area contributed by atoms with Gasteiger partial charge in [-0.25, -0.2) is 0 Å². The number of hydrogen-bond donors (Lipinski definition) is 0. The second kappa shape index (κ2) is 3.86. The minimum atomic E-state index is -0.252. The van der Waals surface area contributed by atoms with Gasteiger partial charge in [-0.1, -0.05) is 30.0 Å². The molecule has 0 spiro atoms. The van der Waals surface area contributed by atoms with Crippen molar-refractivity contribution in [2.75, 3.05) is 0 Å². The van der Waals surface area contributed by atoms with Crippen LogP contribution in [0.25, 0.3) is 0 Å². The van der Waals surface area contributed by atoms with Crippen LogP contribution in [-0.4, -0.2) is 5.24 Å². The highest BCUT2D eigenvalue weighted by molar-refractivity contribution is 6.64. The summed E-state index contributed by atoms with van der Waals surface area (Å²) in [4.78, 5) is 10.7. The Morgan fingerprint density at radius 3 is 2.64 bits per heavy atom. The number of rotatable bonds is 1. The van der Waals surface area contributed by atoms with E-state index < -0.39 is 0 Å². The van der Waals surface area contributed by atoms with Crippen molar-refractivity contribution in [1.29, 1.82) is 0 Å². The molecule has 0 aliphatic heterocycles. The van der Waals surface area contributed by atoms with Crippen LogP contribution in [0.1, 0.15) is 12.0 Å². The summed E-state index contributed by atoms with van der Waals surface area (Å²) < 4.78 is 0. The zero-order valence-corrected chi connectivity index (χ0v) is 8.29. The van der Waals surface area contributed by atoms with E-state index in [0.29, 0.717) is 0 Å². The van der Waals surface area contributed by atoms with Crippen molar-refractivity contribution in [3.8, 4) is 11.8 Å². The fourth-order valence-corrected chi connectivity index (χ4v) is 1.54. The average Bonchev–Trinajstić information content (AvgIpc) is 2.96. The van der Waals surface area contributed by atoms with E-state index in [4.69, 9.17) is 11.6 Å². The third-order valence-electron chi connectivity index (χ3n) is 2.26. The SMILES string of the molecule is O=C(Cl)[C@@H]1C[C@H]1C#Cc1ccccc1. The number of halogens is 1. The zero-order chi connectivity index (χ0) is 9.97. The van der Waals surface area contributed by atoms with E-state index in [-0.39, 0.29) is 17.1 Å². The molecule has 1 aromatic carbocycles. The Bertz CT molecular complexity index is 399. The maximum Gasteiger partial charge on any atom is 0.226 e. The molecule has 2 atom stereocenters. The normalized spacial score (nSPS) is 23.5. The minimum absolute atomic E-state index is 0.0205. The Morgan fingerprint density at radius 1 is 1.36 bits per heavy atom. The lowest BCUT2D eigenvalue weighted by atomic mass is 10.2. The van der Waals surface area contributed by atoms with Gasteiger partial charge in [0, 0.05) is 17.4 Å². The van der Waals surface area contributed by atoms with Crippen LogP contribution in [-0.2, 0) is 4.79 Å². The van der Waals surface area contributed by atoms with Crippen LogP contribution < -0.4 is 0 Å². The van der Waals surface area contributed by atoms with Crippen molar-refractivity contribution in [3.63, 3.8) is 0 Å². The lowest BCUT2D eigenvalue weighted by molar-refractivity contribution is -0.112. The van der Waals surface area contributed by atoms with Gasteiger partial charge >= 0.3 is 0 Å². The molecule has 1 aliphatic rings. The first-order valence-corrected chi connectivity index (χ1v) is 4.91. The summed E-state index contributed by atoms with van der Waals surface area (Å²) >= 11 is 5.34. The van der Waals surface area contributed by atoms with Crippen LogP contribution in [0.15, 0.2) is 30.3 Å². The van der Waals surface area contributed by atoms with Crippen LogP contribution in [0.4, 0.5) is 0 Å². The molecule has 0 unspecified atom stereocenters. The number of carbonyl (C=O) groups excluding carboxylic acids is 1. The Labute approximate surface area is 88.1 Å². The number of carbonyl (C=O) groups is 1. The molecule has 2 rings (SSSR count). The Balaban J connectivity index is 2.00. The molecule has 14 heavy (non-hydrogen) atoms. The van der Waals surface area contributed by atoms with E-state index in [9.17, 15) is 4.79 Å². The van der Waals surface area contributed by atoms with Gasteiger partial charge in [-0.2, -0.15) is 0 Å². The standard InChI is InChI=1S/C12H9ClO/c13-12(14)11-8-10(11)7-6-9-4-2-1-3-5-9/h1-5,10-11H,8H2/t10-,11-/m1/s1. The molecule has 1 saturated carbocycles. The van der Waals surface area contributed by atoms with Crippen LogP contribution in [0.5, 0.6) is 0 Å². The molecule has 0 radical (unpaired) electrons. The van der Waals surface area contributed by atoms with Gasteiger partial charge in [-0.05, 0) is 30.2 Å². The zero-order valence-electron chi connectivity index (χ0n) is 7.53. The lowest BCUT2D eigenvalue weighted by Gasteiger charge is -1.86. The quantitative estimate of drug-likeness (QED) is 0.507. The molecule has 1 fully saturated rings. The predicted molar refractivity (Wildman–Crippen MR) is 55.8 cm³/mol. The molecule has 0 N–H and O–H groups in total. The van der Waals surface area contributed by atoms with Gasteiger partial charge < -0.3 is 0 Å². The molecule has 0 aromatic heterocycles. The summed E-state index contributed by atoms with van der Waals surface area (Å²) in [6.45, 7) is 0. The maximum atomic E-state index is 10.7. The molecule has 2 heteroatoms. The van der Waals surface area contributed by atoms with E-state index in [0.717, 1.165) is 12.0 Å². The predicted octanol–water partition coefficient (Wildman–Crippen LogP) is 2.44. The Morgan fingerprint density at radius 2 is 2.07 bits per heavy atom. The molecular weight excluding hydrogens is 196 g/mol. The molecule has 0 heterocycles. The van der Waals surface area contributed by atoms with Crippen molar-refractivity contribution in [2.24, 2.45) is 11.8 Å². The van der Waals surface area contributed by atoms with Gasteiger partial charge in [0.05, 0.1) is 0 Å². The van der Waals surface area contributed by atoms with Gasteiger partial charge in [-0.15, -0.1) is 0 Å². The summed E-state index contributed by atoms with van der Waals surface area (Å²) in [6.07, 6.45) is 0.822. The van der Waals surface area contributed by atoms with Gasteiger partial charge in [0.2, 0.25) is 5.24 Å². The highest BCUT2D eigenvalue weighted by Crippen LogP contribution is 2.39. The van der Waals surface area contributed by atoms with E-state index in [1.165, 1.54) is 0 Å². The smallest absolute Gasteiger partial charge is 0.226 e. The van der Waals surface area contributed by atoms with E-state index in [1.54, 1.807) is 0 Å². The van der Waals surface area contributed by atoms with Crippen LogP contribution >= 0.6 is 11.6 Å². The van der Waals surface area contributed by atoms with Gasteiger partial charge in [0.25, 0.3) is 0 Å². The van der Waals surface area contributed by atoms with Gasteiger partial charge in [-0.3, -0.25) is 4.79 Å². The maximum absolute atomic E-state index is 10.7. The highest BCUT2D eigenvalue weighted by Gasteiger charge is 2.40. The molecular formula is C12H9ClO. The van der Waals surface area contributed by atoms with Gasteiger partial charge in [0.15, 0.2) is 0 Å². The topological polar surface area (TPSA) is 17.1 Å². The molecule has 1 aliphatic carbocycles. The van der Waals surface area contributed by atoms with Crippen molar-refractivity contribution in [3.05, 3.63) is 35.9 Å². The van der Waals surface area contributed by atoms with E-state index in [1.807, 2.05) is 30.3 Å². The van der Waals surface area contributed by atoms with Gasteiger partial charge in [0.1, 0.15) is 0 Å². The Kier molecular flexibility index (Phi) is 2.56. The third kappa shape index (κ3) is 2.16. The summed E-state index contributed by atoms with van der Waals surface area (Å²) in [5.74, 6) is 6.24. The molecule has 0 bridgehead atoms. The first-order valence-electron chi connectivity index (χ1n) is 4.53. The molecule has 0 amide bonds. The van der Waals surface area contributed by atoms with Crippen molar-refractivity contribution in [2.45, 2.75) is 6.42 Å². The first-order chi connectivity index (χ1) is 6.77. The lowest BCUT2D eigenvalue weighted by Crippen LogP contribution is -1.89. The third-order valence-corrected chi connectivity index (χ3v) is 2.54. The van der Waals surface area contributed by atoms with Crippen LogP contribution in [0.2, 0.25) is 0 Å². The summed E-state index contributed by atoms with van der Waals surface area (Å²) in [5, 5.41) is -0.252. The molecule has 1 nitrogen and oxygen atoms in total. The van der Waals surface area contributed by atoms with Crippen molar-refractivity contribution in [1.82, 2.24) is 0 Å². The monoisotopic (exact) mass is 204 g/mol. The molecule has 70 valence electrons. The van der Waals surface area contributed by atoms with Crippen molar-refractivity contribution >= 4 is 16.8 Å². The van der Waals surface area contributed by atoms with Crippen LogP contribution in [0.3, 0.4) is 0 Å². The fraction of sp³-hybridized carbons (Fsp3) is 0.250. The number of benzene rings is 1. The summed E-state index contributed by atoms with van der Waals surface area (Å²) in [6, 6.07) is 9.75. The Hall–Kier alpha value is -1.26. The molecule has 1 aromatic rings. The highest BCUT2D eigenvalue weighted by atomic mass is 35.5. The van der Waals surface area contributed by atoms with E-state index in [2.05, 4.69) is 11.8 Å². The minimum Gasteiger partial charge on any atom is -0.281 e. The molecule has 0 saturated heterocycles. The summed E-state index contributed by atoms with van der Waals surface area (Å²) in [7, 11) is 0. The number of hydrogen-bond acceptors (Lipinski definition) is 1. The largest absolute Gasteiger partial charge is 0.281 e. The second-order valence-corrected chi connectivity index (χ2v) is 3.76. The first kappa shape index (κ1) is 9.30. The second-order valence-electron chi connectivity index (χ2n) is 3.39. The summed E-state index contributed by atoms with van der Waals surface area (Å²) in [5.41, 5.74) is 0.986. The fourth-order valence-electron chi connectivity index (χ4n) is 1.30. The average molecular weight is 205 g/mol. The van der Waals surface area contributed by atoms with Crippen molar-refractivity contribution < 1.29 is 4.79 Å². The van der Waals surface area contributed by atoms with Crippen LogP contribution in [0, 0.1) is 23.7 Å². The van der Waals surface area contributed by atoms with E-state index >= 15 is 0 Å².